The van der Waals surface area contributed by atoms with Gasteiger partial charge in [0.15, 0.2) is 6.10 Å². The predicted octanol–water partition coefficient (Wildman–Crippen LogP) is 1.93. The maximum absolute atomic E-state index is 13.4. The van der Waals surface area contributed by atoms with Crippen LogP contribution in [-0.4, -0.2) is 53.4 Å². The molecular weight excluding hydrogens is 432 g/mol. The summed E-state index contributed by atoms with van der Waals surface area (Å²) >= 11 is 0. The maximum Gasteiger partial charge on any atom is 0.254 e. The number of likely N-dealkylation sites (N-methyl/N-ethyl adjacent to an activating group) is 1. The Labute approximate surface area is 190 Å². The number of halogens is 2. The normalized spacial score (nSPS) is 18.1. The van der Waals surface area contributed by atoms with Crippen molar-refractivity contribution in [1.29, 1.82) is 0 Å². The van der Waals surface area contributed by atoms with Crippen LogP contribution in [0.15, 0.2) is 54.6 Å². The minimum atomic E-state index is -1.87. The van der Waals surface area contributed by atoms with Crippen LogP contribution in [0.3, 0.4) is 0 Å². The van der Waals surface area contributed by atoms with E-state index in [-0.39, 0.29) is 17.9 Å². The van der Waals surface area contributed by atoms with E-state index in [4.69, 9.17) is 0 Å². The summed E-state index contributed by atoms with van der Waals surface area (Å²) in [5.41, 5.74) is 1.56. The van der Waals surface area contributed by atoms with E-state index in [1.807, 2.05) is 36.4 Å². The Morgan fingerprint density at radius 2 is 1.73 bits per heavy atom. The lowest BCUT2D eigenvalue weighted by atomic mass is 9.98. The molecule has 174 valence electrons. The minimum absolute atomic E-state index is 0.269. The number of hydrogen-bond acceptors (Lipinski definition) is 4. The monoisotopic (exact) mass is 457 g/mol. The van der Waals surface area contributed by atoms with Gasteiger partial charge in [0.25, 0.3) is 5.91 Å². The van der Waals surface area contributed by atoms with Gasteiger partial charge in [0.2, 0.25) is 11.8 Å². The van der Waals surface area contributed by atoms with E-state index in [1.54, 1.807) is 7.05 Å². The van der Waals surface area contributed by atoms with Crippen LogP contribution in [0.1, 0.15) is 30.6 Å². The number of aliphatic hydroxyl groups is 1. The molecule has 0 aromatic heterocycles. The fraction of sp³-hybridized carbons (Fsp3) is 0.292. The molecule has 1 aliphatic heterocycles. The third-order valence-corrected chi connectivity index (χ3v) is 5.37. The van der Waals surface area contributed by atoms with Crippen LogP contribution in [0.5, 0.6) is 0 Å². The highest BCUT2D eigenvalue weighted by Crippen LogP contribution is 2.23. The zero-order chi connectivity index (χ0) is 24.1. The van der Waals surface area contributed by atoms with E-state index in [0.717, 1.165) is 23.3 Å². The number of nitrogens with zero attached hydrogens (tertiary/aromatic N) is 1. The molecule has 0 unspecified atom stereocenters. The SMILES string of the molecule is C[C@H](NC(=O)[C@@H](O)c1cc(F)cc(F)c1)C(=O)N[C@H]1CC(c2ccccc2)=CCN(C)C1=O. The number of carbonyl (C=O) groups excluding carboxylic acids is 3. The lowest BCUT2D eigenvalue weighted by Gasteiger charge is -2.24. The fourth-order valence-electron chi connectivity index (χ4n) is 3.53. The van der Waals surface area contributed by atoms with Gasteiger partial charge in [0, 0.05) is 26.1 Å². The predicted molar refractivity (Wildman–Crippen MR) is 118 cm³/mol. The highest BCUT2D eigenvalue weighted by atomic mass is 19.1. The summed E-state index contributed by atoms with van der Waals surface area (Å²) in [6, 6.07) is 9.79. The second-order valence-corrected chi connectivity index (χ2v) is 7.92. The lowest BCUT2D eigenvalue weighted by molar-refractivity contribution is -0.136. The summed E-state index contributed by atoms with van der Waals surface area (Å²) in [7, 11) is 1.63. The smallest absolute Gasteiger partial charge is 0.254 e. The first-order valence-electron chi connectivity index (χ1n) is 10.4. The topological polar surface area (TPSA) is 98.7 Å². The van der Waals surface area contributed by atoms with Gasteiger partial charge in [-0.05, 0) is 35.8 Å². The number of amides is 3. The first-order valence-corrected chi connectivity index (χ1v) is 10.4. The van der Waals surface area contributed by atoms with Gasteiger partial charge in [-0.1, -0.05) is 36.4 Å². The summed E-state index contributed by atoms with van der Waals surface area (Å²) in [6.45, 7) is 1.77. The van der Waals surface area contributed by atoms with Gasteiger partial charge >= 0.3 is 0 Å². The number of rotatable bonds is 6. The van der Waals surface area contributed by atoms with E-state index in [1.165, 1.54) is 11.8 Å². The summed E-state index contributed by atoms with van der Waals surface area (Å²) in [6.07, 6.45) is 0.327. The highest BCUT2D eigenvalue weighted by molar-refractivity contribution is 5.94. The molecule has 0 saturated heterocycles. The molecule has 0 radical (unpaired) electrons. The van der Waals surface area contributed by atoms with Crippen molar-refractivity contribution in [3.63, 3.8) is 0 Å². The van der Waals surface area contributed by atoms with Gasteiger partial charge < -0.3 is 20.6 Å². The molecule has 2 aromatic carbocycles. The van der Waals surface area contributed by atoms with Crippen molar-refractivity contribution in [3.8, 4) is 0 Å². The average molecular weight is 457 g/mol. The second-order valence-electron chi connectivity index (χ2n) is 7.92. The van der Waals surface area contributed by atoms with E-state index in [0.29, 0.717) is 12.6 Å². The molecule has 7 nitrogen and oxygen atoms in total. The van der Waals surface area contributed by atoms with Crippen LogP contribution in [0.25, 0.3) is 5.57 Å². The van der Waals surface area contributed by atoms with Crippen LogP contribution in [0.4, 0.5) is 8.78 Å². The maximum atomic E-state index is 13.4. The molecule has 0 saturated carbocycles. The van der Waals surface area contributed by atoms with Gasteiger partial charge in [-0.15, -0.1) is 0 Å². The first kappa shape index (κ1) is 24.1. The second kappa shape index (κ2) is 10.4. The quantitative estimate of drug-likeness (QED) is 0.618. The Kier molecular flexibility index (Phi) is 7.55. The minimum Gasteiger partial charge on any atom is -0.378 e. The molecule has 0 spiro atoms. The molecule has 3 rings (SSSR count). The van der Waals surface area contributed by atoms with Crippen molar-refractivity contribution in [2.24, 2.45) is 0 Å². The number of nitrogens with one attached hydrogen (secondary N) is 2. The standard InChI is InChI=1S/C24H25F2N3O4/c1-14(27-23(32)21(30)17-10-18(25)13-19(26)11-17)22(31)28-20-12-16(8-9-29(2)24(20)33)15-6-4-3-5-7-15/h3-8,10-11,13-14,20-21,30H,9,12H2,1-2H3,(H,27,32)(H,28,31)/t14-,20-,21-/m0/s1. The molecule has 3 atom stereocenters. The van der Waals surface area contributed by atoms with E-state index in [9.17, 15) is 28.3 Å². The van der Waals surface area contributed by atoms with Crippen molar-refractivity contribution in [2.45, 2.75) is 31.5 Å². The lowest BCUT2D eigenvalue weighted by Crippen LogP contribution is -2.53. The molecular formula is C24H25F2N3O4. The molecule has 33 heavy (non-hydrogen) atoms. The fourth-order valence-corrected chi connectivity index (χ4v) is 3.53. The highest BCUT2D eigenvalue weighted by Gasteiger charge is 2.30. The largest absolute Gasteiger partial charge is 0.378 e. The number of carbonyl (C=O) groups is 3. The zero-order valence-electron chi connectivity index (χ0n) is 18.2. The Balaban J connectivity index is 1.66. The molecule has 1 heterocycles. The Bertz CT molecular complexity index is 1050. The number of benzene rings is 2. The third kappa shape index (κ3) is 6.01. The molecule has 9 heteroatoms. The van der Waals surface area contributed by atoms with Crippen LogP contribution in [0, 0.1) is 11.6 Å². The van der Waals surface area contributed by atoms with Crippen LogP contribution < -0.4 is 10.6 Å². The van der Waals surface area contributed by atoms with Crippen molar-refractivity contribution in [2.75, 3.05) is 13.6 Å². The summed E-state index contributed by atoms with van der Waals surface area (Å²) < 4.78 is 26.7. The Hall–Kier alpha value is -3.59. The van der Waals surface area contributed by atoms with Crippen molar-refractivity contribution < 1.29 is 28.3 Å². The van der Waals surface area contributed by atoms with E-state index in [2.05, 4.69) is 10.6 Å². The molecule has 2 aromatic rings. The summed E-state index contributed by atoms with van der Waals surface area (Å²) in [5, 5.41) is 15.1. The van der Waals surface area contributed by atoms with Gasteiger partial charge in [-0.25, -0.2) is 8.78 Å². The van der Waals surface area contributed by atoms with Crippen LogP contribution in [0.2, 0.25) is 0 Å². The summed E-state index contributed by atoms with van der Waals surface area (Å²) in [5.74, 6) is -3.81. The van der Waals surface area contributed by atoms with Crippen molar-refractivity contribution >= 4 is 23.3 Å². The van der Waals surface area contributed by atoms with Gasteiger partial charge in [0.05, 0.1) is 0 Å². The number of hydrogen-bond donors (Lipinski definition) is 3. The summed E-state index contributed by atoms with van der Waals surface area (Å²) in [4.78, 5) is 39.2. The van der Waals surface area contributed by atoms with Gasteiger partial charge in [-0.2, -0.15) is 0 Å². The van der Waals surface area contributed by atoms with Gasteiger partial charge in [-0.3, -0.25) is 14.4 Å². The molecule has 1 aliphatic rings. The van der Waals surface area contributed by atoms with Crippen LogP contribution >= 0.6 is 0 Å². The Morgan fingerprint density at radius 1 is 1.09 bits per heavy atom. The van der Waals surface area contributed by atoms with Crippen molar-refractivity contribution in [3.05, 3.63) is 77.4 Å². The number of aliphatic hydroxyl groups excluding tert-OH is 1. The molecule has 0 aliphatic carbocycles. The Morgan fingerprint density at radius 3 is 2.36 bits per heavy atom. The van der Waals surface area contributed by atoms with Crippen molar-refractivity contribution in [1.82, 2.24) is 15.5 Å². The molecule has 0 fully saturated rings. The average Bonchev–Trinajstić information content (AvgIpc) is 2.92. The van der Waals surface area contributed by atoms with Crippen LogP contribution in [-0.2, 0) is 14.4 Å². The molecule has 3 amide bonds. The first-order chi connectivity index (χ1) is 15.7. The molecule has 3 N–H and O–H groups in total. The molecule has 0 bridgehead atoms. The zero-order valence-corrected chi connectivity index (χ0v) is 18.2. The van der Waals surface area contributed by atoms with Gasteiger partial charge in [0.1, 0.15) is 23.7 Å². The third-order valence-electron chi connectivity index (χ3n) is 5.37. The van der Waals surface area contributed by atoms with E-state index < -0.39 is 41.6 Å². The van der Waals surface area contributed by atoms with E-state index >= 15 is 0 Å².